The van der Waals surface area contributed by atoms with Crippen molar-refractivity contribution in [3.8, 4) is 0 Å². The lowest BCUT2D eigenvalue weighted by Gasteiger charge is -2.27. The molecular formula is C18H35N3O2S. The summed E-state index contributed by atoms with van der Waals surface area (Å²) in [5, 5.41) is 6.76. The summed E-state index contributed by atoms with van der Waals surface area (Å²) in [6.45, 7) is 8.10. The van der Waals surface area contributed by atoms with Gasteiger partial charge in [-0.15, -0.1) is 0 Å². The maximum absolute atomic E-state index is 11.6. The number of rotatable bonds is 5. The van der Waals surface area contributed by atoms with E-state index in [1.54, 1.807) is 0 Å². The molecule has 0 amide bonds. The first-order valence-electron chi connectivity index (χ1n) is 9.53. The minimum Gasteiger partial charge on any atom is -0.356 e. The number of sulfone groups is 1. The van der Waals surface area contributed by atoms with Gasteiger partial charge in [0.15, 0.2) is 15.8 Å². The van der Waals surface area contributed by atoms with Gasteiger partial charge in [0.2, 0.25) is 0 Å². The lowest BCUT2D eigenvalue weighted by atomic mass is 9.83. The van der Waals surface area contributed by atoms with Crippen molar-refractivity contribution in [1.82, 2.24) is 10.6 Å². The number of nitrogens with zero attached hydrogens (tertiary/aromatic N) is 1. The molecule has 1 aliphatic heterocycles. The predicted octanol–water partition coefficient (Wildman–Crippen LogP) is 2.73. The normalized spacial score (nSPS) is 27.0. The molecule has 0 aromatic rings. The highest BCUT2D eigenvalue weighted by Crippen LogP contribution is 2.34. The monoisotopic (exact) mass is 357 g/mol. The van der Waals surface area contributed by atoms with E-state index in [1.165, 1.54) is 38.5 Å². The van der Waals surface area contributed by atoms with Gasteiger partial charge < -0.3 is 10.6 Å². The Morgan fingerprint density at radius 1 is 1.21 bits per heavy atom. The van der Waals surface area contributed by atoms with E-state index >= 15 is 0 Å². The molecule has 24 heavy (non-hydrogen) atoms. The second-order valence-electron chi connectivity index (χ2n) is 8.34. The molecule has 0 bridgehead atoms. The van der Waals surface area contributed by atoms with Crippen LogP contribution in [0.2, 0.25) is 0 Å². The summed E-state index contributed by atoms with van der Waals surface area (Å²) in [4.78, 5) is 4.84. The van der Waals surface area contributed by atoms with E-state index in [0.717, 1.165) is 18.9 Å². The Bertz CT molecular complexity index is 520. The van der Waals surface area contributed by atoms with Gasteiger partial charge in [0, 0.05) is 19.1 Å². The zero-order valence-corrected chi connectivity index (χ0v) is 16.4. The number of hydrogen-bond donors (Lipinski definition) is 2. The van der Waals surface area contributed by atoms with Gasteiger partial charge in [-0.25, -0.2) is 8.42 Å². The standard InChI is InChI=1S/C18H35N3O2S/c1-15(2)21-17(19-12-16-8-11-24(22,23)13-16)20-14-18(3)9-6-4-5-7-10-18/h15-16H,4-14H2,1-3H3,(H2,19,20,21). The maximum atomic E-state index is 11.6. The average molecular weight is 358 g/mol. The van der Waals surface area contributed by atoms with Crippen LogP contribution in [0.1, 0.15) is 65.7 Å². The van der Waals surface area contributed by atoms with Crippen molar-refractivity contribution in [3.05, 3.63) is 0 Å². The van der Waals surface area contributed by atoms with E-state index in [-0.39, 0.29) is 5.92 Å². The van der Waals surface area contributed by atoms with E-state index in [1.807, 2.05) is 0 Å². The highest BCUT2D eigenvalue weighted by Gasteiger charge is 2.28. The molecule has 2 N–H and O–H groups in total. The zero-order chi connectivity index (χ0) is 17.6. The Kier molecular flexibility index (Phi) is 6.96. The van der Waals surface area contributed by atoms with Crippen LogP contribution >= 0.6 is 0 Å². The van der Waals surface area contributed by atoms with Crippen LogP contribution in [0.15, 0.2) is 4.99 Å². The Labute approximate surface area is 148 Å². The summed E-state index contributed by atoms with van der Waals surface area (Å²) in [5.41, 5.74) is 0.304. The average Bonchev–Trinajstić information content (AvgIpc) is 2.70. The second kappa shape index (κ2) is 8.54. The topological polar surface area (TPSA) is 70.6 Å². The van der Waals surface area contributed by atoms with E-state index in [4.69, 9.17) is 4.99 Å². The SMILES string of the molecule is CC(C)NC(=NCC1(C)CCCCCC1)NCC1CCS(=O)(=O)C1. The van der Waals surface area contributed by atoms with Crippen molar-refractivity contribution in [1.29, 1.82) is 0 Å². The van der Waals surface area contributed by atoms with E-state index in [2.05, 4.69) is 31.4 Å². The van der Waals surface area contributed by atoms with Crippen LogP contribution in [0.3, 0.4) is 0 Å². The van der Waals surface area contributed by atoms with Crippen molar-refractivity contribution in [3.63, 3.8) is 0 Å². The highest BCUT2D eigenvalue weighted by atomic mass is 32.2. The van der Waals surface area contributed by atoms with Crippen LogP contribution in [0.25, 0.3) is 0 Å². The fraction of sp³-hybridized carbons (Fsp3) is 0.944. The molecule has 0 spiro atoms. The molecule has 1 saturated heterocycles. The number of nitrogens with one attached hydrogen (secondary N) is 2. The first kappa shape index (κ1) is 19.5. The molecule has 140 valence electrons. The lowest BCUT2D eigenvalue weighted by molar-refractivity contribution is 0.289. The summed E-state index contributed by atoms with van der Waals surface area (Å²) in [7, 11) is -2.81. The molecule has 1 heterocycles. The maximum Gasteiger partial charge on any atom is 0.191 e. The summed E-state index contributed by atoms with van der Waals surface area (Å²) >= 11 is 0. The van der Waals surface area contributed by atoms with Gasteiger partial charge in [-0.3, -0.25) is 4.99 Å². The zero-order valence-electron chi connectivity index (χ0n) is 15.6. The molecule has 1 aliphatic carbocycles. The molecular weight excluding hydrogens is 322 g/mol. The van der Waals surface area contributed by atoms with Crippen LogP contribution in [-0.2, 0) is 9.84 Å². The van der Waals surface area contributed by atoms with Crippen LogP contribution in [-0.4, -0.2) is 45.0 Å². The Morgan fingerprint density at radius 3 is 2.42 bits per heavy atom. The Balaban J connectivity index is 1.91. The largest absolute Gasteiger partial charge is 0.356 e. The minimum atomic E-state index is -2.81. The number of aliphatic imine (C=N–C) groups is 1. The summed E-state index contributed by atoms with van der Waals surface area (Å²) < 4.78 is 23.2. The first-order valence-corrected chi connectivity index (χ1v) is 11.4. The van der Waals surface area contributed by atoms with E-state index in [0.29, 0.717) is 29.5 Å². The number of hydrogen-bond acceptors (Lipinski definition) is 3. The van der Waals surface area contributed by atoms with Gasteiger partial charge in [-0.2, -0.15) is 0 Å². The molecule has 0 aromatic heterocycles. The molecule has 1 saturated carbocycles. The van der Waals surface area contributed by atoms with Crippen LogP contribution < -0.4 is 10.6 Å². The predicted molar refractivity (Wildman–Crippen MR) is 101 cm³/mol. The van der Waals surface area contributed by atoms with Crippen LogP contribution in [0.4, 0.5) is 0 Å². The molecule has 1 atom stereocenters. The summed E-state index contributed by atoms with van der Waals surface area (Å²) in [6, 6.07) is 0.311. The molecule has 2 rings (SSSR count). The van der Waals surface area contributed by atoms with Gasteiger partial charge in [-0.1, -0.05) is 32.6 Å². The van der Waals surface area contributed by atoms with Gasteiger partial charge in [-0.05, 0) is 44.4 Å². The fourth-order valence-corrected chi connectivity index (χ4v) is 5.57. The lowest BCUT2D eigenvalue weighted by Crippen LogP contribution is -2.43. The number of guanidine groups is 1. The third-order valence-corrected chi connectivity index (χ3v) is 7.08. The fourth-order valence-electron chi connectivity index (χ4n) is 3.71. The Hall–Kier alpha value is -0.780. The van der Waals surface area contributed by atoms with Gasteiger partial charge in [0.05, 0.1) is 11.5 Å². The Morgan fingerprint density at radius 2 is 1.88 bits per heavy atom. The highest BCUT2D eigenvalue weighted by molar-refractivity contribution is 7.91. The van der Waals surface area contributed by atoms with E-state index in [9.17, 15) is 8.42 Å². The molecule has 0 aromatic carbocycles. The molecule has 6 heteroatoms. The van der Waals surface area contributed by atoms with Gasteiger partial charge in [0.25, 0.3) is 0 Å². The third kappa shape index (κ3) is 6.61. The molecule has 1 unspecified atom stereocenters. The van der Waals surface area contributed by atoms with Crippen LogP contribution in [0, 0.1) is 11.3 Å². The second-order valence-corrected chi connectivity index (χ2v) is 10.6. The first-order chi connectivity index (χ1) is 11.3. The minimum absolute atomic E-state index is 0.211. The van der Waals surface area contributed by atoms with Gasteiger partial charge in [0.1, 0.15) is 0 Å². The molecule has 0 radical (unpaired) electrons. The summed E-state index contributed by atoms with van der Waals surface area (Å²) in [5.74, 6) is 1.69. The van der Waals surface area contributed by atoms with Crippen molar-refractivity contribution >= 4 is 15.8 Å². The quantitative estimate of drug-likeness (QED) is 0.451. The van der Waals surface area contributed by atoms with Crippen molar-refractivity contribution in [2.24, 2.45) is 16.3 Å². The molecule has 2 fully saturated rings. The van der Waals surface area contributed by atoms with Crippen molar-refractivity contribution < 1.29 is 8.42 Å². The van der Waals surface area contributed by atoms with Crippen LogP contribution in [0.5, 0.6) is 0 Å². The van der Waals surface area contributed by atoms with E-state index < -0.39 is 9.84 Å². The molecule has 5 nitrogen and oxygen atoms in total. The van der Waals surface area contributed by atoms with Crippen molar-refractivity contribution in [2.75, 3.05) is 24.6 Å². The third-order valence-electron chi connectivity index (χ3n) is 5.24. The summed E-state index contributed by atoms with van der Waals surface area (Å²) in [6.07, 6.45) is 8.61. The van der Waals surface area contributed by atoms with Gasteiger partial charge >= 0.3 is 0 Å². The van der Waals surface area contributed by atoms with Crippen molar-refractivity contribution in [2.45, 2.75) is 71.8 Å². The molecule has 2 aliphatic rings. The smallest absolute Gasteiger partial charge is 0.191 e.